The third kappa shape index (κ3) is 12.7. The van der Waals surface area contributed by atoms with Crippen molar-refractivity contribution < 1.29 is 24.9 Å². The van der Waals surface area contributed by atoms with E-state index in [0.717, 1.165) is 38.5 Å². The van der Waals surface area contributed by atoms with E-state index in [9.17, 15) is 20.1 Å². The molecule has 0 fully saturated rings. The fourth-order valence-electron chi connectivity index (χ4n) is 3.35. The topological polar surface area (TPSA) is 87.0 Å². The third-order valence-electron chi connectivity index (χ3n) is 5.67. The lowest BCUT2D eigenvalue weighted by Gasteiger charge is -2.27. The van der Waals surface area contributed by atoms with Crippen molar-refractivity contribution in [2.45, 2.75) is 104 Å². The average molecular weight is 403 g/mol. The van der Waals surface area contributed by atoms with E-state index in [1.54, 1.807) is 0 Å². The van der Waals surface area contributed by atoms with Crippen LogP contribution in [0.15, 0.2) is 0 Å². The largest absolute Gasteiger partial charge is 0.465 e. The standard InChI is InChI=1S/C23H46O5/c1-3-5-7-9-11-13-15-21(16-14-12-10-8-6-4-2)22(27)28-20-23(17-24,18-25)19-26/h21,24-26H,3-20H2,1-2H3. The minimum Gasteiger partial charge on any atom is -0.465 e. The second kappa shape index (κ2) is 18.4. The summed E-state index contributed by atoms with van der Waals surface area (Å²) in [6, 6.07) is 0. The highest BCUT2D eigenvalue weighted by atomic mass is 16.5. The summed E-state index contributed by atoms with van der Waals surface area (Å²) in [7, 11) is 0. The van der Waals surface area contributed by atoms with Gasteiger partial charge in [-0.1, -0.05) is 90.9 Å². The molecule has 0 saturated carbocycles. The quantitative estimate of drug-likeness (QED) is 0.204. The normalized spacial score (nSPS) is 11.9. The van der Waals surface area contributed by atoms with Crippen molar-refractivity contribution >= 4 is 5.97 Å². The van der Waals surface area contributed by atoms with Gasteiger partial charge in [0.2, 0.25) is 0 Å². The Kier molecular flexibility index (Phi) is 18.0. The van der Waals surface area contributed by atoms with Crippen LogP contribution in [0, 0.1) is 11.3 Å². The van der Waals surface area contributed by atoms with Crippen molar-refractivity contribution in [3.05, 3.63) is 0 Å². The fraction of sp³-hybridized carbons (Fsp3) is 0.957. The molecule has 0 aromatic carbocycles. The maximum Gasteiger partial charge on any atom is 0.308 e. The first-order chi connectivity index (χ1) is 13.6. The Hall–Kier alpha value is -0.650. The Bertz CT molecular complexity index is 331. The van der Waals surface area contributed by atoms with Gasteiger partial charge in [0.15, 0.2) is 0 Å². The average Bonchev–Trinajstić information content (AvgIpc) is 2.72. The molecular formula is C23H46O5. The molecule has 0 radical (unpaired) electrons. The molecule has 0 aromatic rings. The SMILES string of the molecule is CCCCCCCCC(CCCCCCCC)C(=O)OCC(CO)(CO)CO. The minimum absolute atomic E-state index is 0.119. The number of hydrogen-bond donors (Lipinski definition) is 3. The van der Waals surface area contributed by atoms with E-state index >= 15 is 0 Å². The van der Waals surface area contributed by atoms with Gasteiger partial charge in [-0.25, -0.2) is 0 Å². The van der Waals surface area contributed by atoms with Crippen molar-refractivity contribution in [3.8, 4) is 0 Å². The van der Waals surface area contributed by atoms with Crippen LogP contribution in [0.3, 0.4) is 0 Å². The molecule has 0 aliphatic heterocycles. The number of esters is 1. The summed E-state index contributed by atoms with van der Waals surface area (Å²) in [5.41, 5.74) is -1.15. The van der Waals surface area contributed by atoms with Crippen molar-refractivity contribution in [2.24, 2.45) is 11.3 Å². The molecule has 0 unspecified atom stereocenters. The molecule has 0 bridgehead atoms. The summed E-state index contributed by atoms with van der Waals surface area (Å²) in [6.07, 6.45) is 16.0. The predicted molar refractivity (Wildman–Crippen MR) is 114 cm³/mol. The van der Waals surface area contributed by atoms with Gasteiger partial charge in [0.05, 0.1) is 31.2 Å². The summed E-state index contributed by atoms with van der Waals surface area (Å²) in [4.78, 5) is 12.6. The van der Waals surface area contributed by atoms with Crippen LogP contribution < -0.4 is 0 Å². The molecule has 0 atom stereocenters. The molecule has 5 heteroatoms. The van der Waals surface area contributed by atoms with Crippen molar-refractivity contribution in [2.75, 3.05) is 26.4 Å². The molecule has 0 aliphatic carbocycles. The number of ether oxygens (including phenoxy) is 1. The zero-order valence-corrected chi connectivity index (χ0v) is 18.5. The van der Waals surface area contributed by atoms with Crippen molar-refractivity contribution in [1.29, 1.82) is 0 Å². The number of hydrogen-bond acceptors (Lipinski definition) is 5. The first-order valence-corrected chi connectivity index (χ1v) is 11.6. The van der Waals surface area contributed by atoms with Gasteiger partial charge in [0.25, 0.3) is 0 Å². The molecule has 5 nitrogen and oxygen atoms in total. The van der Waals surface area contributed by atoms with Gasteiger partial charge in [-0.15, -0.1) is 0 Å². The van der Waals surface area contributed by atoms with Gasteiger partial charge in [-0.2, -0.15) is 0 Å². The van der Waals surface area contributed by atoms with Gasteiger partial charge in [-0.05, 0) is 12.8 Å². The number of unbranched alkanes of at least 4 members (excludes halogenated alkanes) is 10. The van der Waals surface area contributed by atoms with E-state index in [-0.39, 0.29) is 18.5 Å². The summed E-state index contributed by atoms with van der Waals surface area (Å²) >= 11 is 0. The molecule has 3 N–H and O–H groups in total. The summed E-state index contributed by atoms with van der Waals surface area (Å²) < 4.78 is 5.41. The Morgan fingerprint density at radius 3 is 1.50 bits per heavy atom. The first-order valence-electron chi connectivity index (χ1n) is 11.6. The maximum atomic E-state index is 12.6. The zero-order chi connectivity index (χ0) is 21.1. The maximum absolute atomic E-state index is 12.6. The molecule has 0 spiro atoms. The van der Waals surface area contributed by atoms with Crippen LogP contribution in [0.4, 0.5) is 0 Å². The van der Waals surface area contributed by atoms with Crippen LogP contribution in [0.25, 0.3) is 0 Å². The molecule has 0 aliphatic rings. The number of rotatable bonds is 20. The zero-order valence-electron chi connectivity index (χ0n) is 18.5. The van der Waals surface area contributed by atoms with Crippen molar-refractivity contribution in [3.63, 3.8) is 0 Å². The highest BCUT2D eigenvalue weighted by Gasteiger charge is 2.31. The summed E-state index contributed by atoms with van der Waals surface area (Å²) in [5, 5.41) is 28.2. The van der Waals surface area contributed by atoms with Crippen LogP contribution in [0.5, 0.6) is 0 Å². The highest BCUT2D eigenvalue weighted by molar-refractivity contribution is 5.72. The van der Waals surface area contributed by atoms with E-state index in [1.807, 2.05) is 0 Å². The van der Waals surface area contributed by atoms with Crippen LogP contribution in [-0.2, 0) is 9.53 Å². The predicted octanol–water partition coefficient (Wildman–Crippen LogP) is 4.61. The van der Waals surface area contributed by atoms with Gasteiger partial charge >= 0.3 is 5.97 Å². The minimum atomic E-state index is -1.15. The van der Waals surface area contributed by atoms with Gasteiger partial charge in [0.1, 0.15) is 6.61 Å². The number of carbonyl (C=O) groups is 1. The number of carbonyl (C=O) groups excluding carboxylic acids is 1. The molecule has 0 rings (SSSR count). The monoisotopic (exact) mass is 402 g/mol. The second-order valence-electron chi connectivity index (χ2n) is 8.39. The van der Waals surface area contributed by atoms with Crippen molar-refractivity contribution in [1.82, 2.24) is 0 Å². The lowest BCUT2D eigenvalue weighted by atomic mass is 9.92. The Morgan fingerprint density at radius 1 is 0.714 bits per heavy atom. The van der Waals surface area contributed by atoms with Gasteiger partial charge in [0, 0.05) is 0 Å². The molecule has 0 saturated heterocycles. The van der Waals surface area contributed by atoms with E-state index in [2.05, 4.69) is 13.8 Å². The van der Waals surface area contributed by atoms with E-state index in [0.29, 0.717) is 0 Å². The van der Waals surface area contributed by atoms with E-state index in [4.69, 9.17) is 4.74 Å². The molecule has 28 heavy (non-hydrogen) atoms. The second-order valence-corrected chi connectivity index (χ2v) is 8.39. The van der Waals surface area contributed by atoms with Crippen LogP contribution in [0.2, 0.25) is 0 Å². The summed E-state index contributed by atoms with van der Waals surface area (Å²) in [5.74, 6) is -0.368. The van der Waals surface area contributed by atoms with Crippen LogP contribution in [0.1, 0.15) is 104 Å². The van der Waals surface area contributed by atoms with Crippen LogP contribution in [-0.4, -0.2) is 47.7 Å². The smallest absolute Gasteiger partial charge is 0.308 e. The molecule has 168 valence electrons. The number of aliphatic hydroxyl groups excluding tert-OH is 3. The van der Waals surface area contributed by atoms with E-state index in [1.165, 1.54) is 51.4 Å². The third-order valence-corrected chi connectivity index (χ3v) is 5.67. The van der Waals surface area contributed by atoms with E-state index < -0.39 is 25.2 Å². The summed E-state index contributed by atoms with van der Waals surface area (Å²) in [6.45, 7) is 3.04. The Balaban J connectivity index is 4.43. The van der Waals surface area contributed by atoms with Gasteiger partial charge < -0.3 is 20.1 Å². The lowest BCUT2D eigenvalue weighted by Crippen LogP contribution is -2.40. The fourth-order valence-corrected chi connectivity index (χ4v) is 3.35. The highest BCUT2D eigenvalue weighted by Crippen LogP contribution is 2.23. The Labute approximate surface area is 172 Å². The molecule has 0 heterocycles. The van der Waals surface area contributed by atoms with Crippen LogP contribution >= 0.6 is 0 Å². The lowest BCUT2D eigenvalue weighted by molar-refractivity contribution is -0.156. The molecule has 0 amide bonds. The number of aliphatic hydroxyl groups is 3. The van der Waals surface area contributed by atoms with Gasteiger partial charge in [-0.3, -0.25) is 4.79 Å². The molecule has 0 aromatic heterocycles. The molecular weight excluding hydrogens is 356 g/mol. The Morgan fingerprint density at radius 2 is 1.11 bits per heavy atom. The first kappa shape index (κ1) is 27.4.